The minimum Gasteiger partial charge on any atom is -0.493 e. The number of nitrogens with zero attached hydrogens (tertiary/aromatic N) is 2. The van der Waals surface area contributed by atoms with Crippen molar-refractivity contribution in [3.05, 3.63) is 35.7 Å². The monoisotopic (exact) mass is 366 g/mol. The quantitative estimate of drug-likeness (QED) is 0.782. The molecule has 1 fully saturated rings. The maximum absolute atomic E-state index is 13.1. The van der Waals surface area contributed by atoms with Crippen molar-refractivity contribution < 1.29 is 22.4 Å². The van der Waals surface area contributed by atoms with Crippen LogP contribution in [0.5, 0.6) is 11.5 Å². The van der Waals surface area contributed by atoms with Crippen LogP contribution in [0.2, 0.25) is 0 Å². The molecular weight excluding hydrogens is 344 g/mol. The smallest absolute Gasteiger partial charge is 0.243 e. The van der Waals surface area contributed by atoms with Gasteiger partial charge in [-0.05, 0) is 31.4 Å². The molecule has 25 heavy (non-hydrogen) atoms. The molecule has 0 bridgehead atoms. The molecule has 7 nitrogen and oxygen atoms in total. The molecule has 1 aromatic carbocycles. The molecule has 1 aromatic heterocycles. The van der Waals surface area contributed by atoms with Crippen LogP contribution in [-0.4, -0.2) is 38.6 Å². The maximum atomic E-state index is 13.1. The summed E-state index contributed by atoms with van der Waals surface area (Å²) in [4.78, 5) is 0.173. The lowest BCUT2D eigenvalue weighted by molar-refractivity contribution is 0.296. The van der Waals surface area contributed by atoms with Crippen molar-refractivity contribution >= 4 is 10.0 Å². The molecule has 2 aromatic rings. The lowest BCUT2D eigenvalue weighted by atomic mass is 10.1. The fourth-order valence-electron chi connectivity index (χ4n) is 3.08. The van der Waals surface area contributed by atoms with Gasteiger partial charge in [0.15, 0.2) is 17.3 Å². The number of aryl methyl sites for hydroxylation is 1. The molecule has 0 N–H and O–H groups in total. The van der Waals surface area contributed by atoms with E-state index in [9.17, 15) is 8.42 Å². The van der Waals surface area contributed by atoms with Crippen molar-refractivity contribution in [2.45, 2.75) is 37.1 Å². The van der Waals surface area contributed by atoms with Crippen LogP contribution in [0, 0.1) is 0 Å². The Morgan fingerprint density at radius 1 is 1.24 bits per heavy atom. The van der Waals surface area contributed by atoms with Crippen molar-refractivity contribution in [1.29, 1.82) is 0 Å². The average molecular weight is 366 g/mol. The van der Waals surface area contributed by atoms with Gasteiger partial charge in [-0.3, -0.25) is 0 Å². The van der Waals surface area contributed by atoms with Crippen LogP contribution < -0.4 is 9.47 Å². The number of ether oxygens (including phenoxy) is 2. The number of hydrogen-bond donors (Lipinski definition) is 0. The Morgan fingerprint density at radius 2 is 2.00 bits per heavy atom. The zero-order chi connectivity index (χ0) is 18.0. The number of rotatable bonds is 6. The van der Waals surface area contributed by atoms with E-state index in [0.717, 1.165) is 18.5 Å². The minimum absolute atomic E-state index is 0.173. The molecule has 0 aliphatic carbocycles. The highest BCUT2D eigenvalue weighted by Crippen LogP contribution is 2.38. The van der Waals surface area contributed by atoms with Crippen LogP contribution in [0.25, 0.3) is 0 Å². The van der Waals surface area contributed by atoms with Gasteiger partial charge < -0.3 is 14.0 Å². The number of methoxy groups -OCH3 is 2. The van der Waals surface area contributed by atoms with Gasteiger partial charge in [-0.15, -0.1) is 0 Å². The predicted molar refractivity (Wildman–Crippen MR) is 91.3 cm³/mol. The van der Waals surface area contributed by atoms with Crippen LogP contribution in [0.1, 0.15) is 37.3 Å². The summed E-state index contributed by atoms with van der Waals surface area (Å²) in [5.74, 6) is 1.47. The van der Waals surface area contributed by atoms with Gasteiger partial charge in [0.25, 0.3) is 0 Å². The first-order chi connectivity index (χ1) is 12.0. The van der Waals surface area contributed by atoms with E-state index >= 15 is 0 Å². The fraction of sp³-hybridized carbons (Fsp3) is 0.471. The van der Waals surface area contributed by atoms with Crippen LogP contribution in [0.4, 0.5) is 0 Å². The SMILES string of the molecule is CCc1cc([C@H]2CCCN2S(=O)(=O)c2ccc(OC)c(OC)c2)on1. The van der Waals surface area contributed by atoms with Crippen LogP contribution in [0.15, 0.2) is 33.7 Å². The molecule has 0 amide bonds. The molecular formula is C17H22N2O5S. The highest BCUT2D eigenvalue weighted by molar-refractivity contribution is 7.89. The third-order valence-electron chi connectivity index (χ3n) is 4.43. The first-order valence-electron chi connectivity index (χ1n) is 8.20. The Balaban J connectivity index is 1.95. The molecule has 2 heterocycles. The van der Waals surface area contributed by atoms with Gasteiger partial charge in [-0.1, -0.05) is 12.1 Å². The zero-order valence-electron chi connectivity index (χ0n) is 14.6. The first-order valence-corrected chi connectivity index (χ1v) is 9.64. The second-order valence-corrected chi connectivity index (χ2v) is 7.76. The molecule has 3 rings (SSSR count). The van der Waals surface area contributed by atoms with E-state index in [4.69, 9.17) is 14.0 Å². The van der Waals surface area contributed by atoms with E-state index < -0.39 is 10.0 Å². The minimum atomic E-state index is -3.68. The molecule has 136 valence electrons. The molecule has 0 radical (unpaired) electrons. The molecule has 0 unspecified atom stereocenters. The Hall–Kier alpha value is -2.06. The van der Waals surface area contributed by atoms with Crippen LogP contribution >= 0.6 is 0 Å². The van der Waals surface area contributed by atoms with E-state index in [1.807, 2.05) is 13.0 Å². The van der Waals surface area contributed by atoms with E-state index in [1.165, 1.54) is 30.7 Å². The predicted octanol–water partition coefficient (Wildman–Crippen LogP) is 2.78. The van der Waals surface area contributed by atoms with Crippen LogP contribution in [-0.2, 0) is 16.4 Å². The fourth-order valence-corrected chi connectivity index (χ4v) is 4.76. The standard InChI is InChI=1S/C17H22N2O5S/c1-4-12-10-16(24-18-12)14-6-5-9-19(14)25(20,21)13-7-8-15(22-2)17(11-13)23-3/h7-8,10-11,14H,4-6,9H2,1-3H3/t14-/m1/s1. The molecule has 1 aliphatic heterocycles. The summed E-state index contributed by atoms with van der Waals surface area (Å²) in [7, 11) is -0.690. The van der Waals surface area contributed by atoms with Crippen molar-refractivity contribution in [3.63, 3.8) is 0 Å². The van der Waals surface area contributed by atoms with Gasteiger partial charge >= 0.3 is 0 Å². The van der Waals surface area contributed by atoms with Crippen molar-refractivity contribution in [1.82, 2.24) is 9.46 Å². The Bertz CT molecular complexity index is 846. The highest BCUT2D eigenvalue weighted by Gasteiger charge is 2.38. The lowest BCUT2D eigenvalue weighted by Crippen LogP contribution is -2.30. The Kier molecular flexibility index (Phi) is 5.01. The normalized spacial score (nSPS) is 18.4. The van der Waals surface area contributed by atoms with Gasteiger partial charge in [-0.2, -0.15) is 4.31 Å². The summed E-state index contributed by atoms with van der Waals surface area (Å²) in [6.07, 6.45) is 2.24. The van der Waals surface area contributed by atoms with Crippen molar-refractivity contribution in [3.8, 4) is 11.5 Å². The first kappa shape index (κ1) is 17.8. The Labute approximate surface area is 147 Å². The summed E-state index contributed by atoms with van der Waals surface area (Å²) < 4.78 is 43.5. The van der Waals surface area contributed by atoms with E-state index in [0.29, 0.717) is 30.2 Å². The summed E-state index contributed by atoms with van der Waals surface area (Å²) in [6, 6.07) is 6.13. The summed E-state index contributed by atoms with van der Waals surface area (Å²) in [6.45, 7) is 2.43. The number of benzene rings is 1. The van der Waals surface area contributed by atoms with Gasteiger partial charge in [0, 0.05) is 18.7 Å². The summed E-state index contributed by atoms with van der Waals surface area (Å²) in [5.41, 5.74) is 0.824. The van der Waals surface area contributed by atoms with Crippen molar-refractivity contribution in [2.75, 3.05) is 20.8 Å². The molecule has 0 saturated carbocycles. The number of hydrogen-bond acceptors (Lipinski definition) is 6. The van der Waals surface area contributed by atoms with Crippen molar-refractivity contribution in [2.24, 2.45) is 0 Å². The third kappa shape index (κ3) is 3.23. The molecule has 0 spiro atoms. The largest absolute Gasteiger partial charge is 0.493 e. The highest BCUT2D eigenvalue weighted by atomic mass is 32.2. The Morgan fingerprint density at radius 3 is 2.64 bits per heavy atom. The summed E-state index contributed by atoms with van der Waals surface area (Å²) in [5, 5.41) is 3.99. The van der Waals surface area contributed by atoms with Gasteiger partial charge in [0.05, 0.1) is 30.9 Å². The van der Waals surface area contributed by atoms with E-state index in [2.05, 4.69) is 5.16 Å². The molecule has 8 heteroatoms. The zero-order valence-corrected chi connectivity index (χ0v) is 15.4. The summed E-state index contributed by atoms with van der Waals surface area (Å²) >= 11 is 0. The third-order valence-corrected chi connectivity index (χ3v) is 6.34. The molecule has 1 aliphatic rings. The lowest BCUT2D eigenvalue weighted by Gasteiger charge is -2.22. The number of sulfonamides is 1. The van der Waals surface area contributed by atoms with E-state index in [1.54, 1.807) is 6.07 Å². The van der Waals surface area contributed by atoms with Crippen LogP contribution in [0.3, 0.4) is 0 Å². The maximum Gasteiger partial charge on any atom is 0.243 e. The van der Waals surface area contributed by atoms with E-state index in [-0.39, 0.29) is 10.9 Å². The second kappa shape index (κ2) is 7.05. The van der Waals surface area contributed by atoms with Gasteiger partial charge in [0.1, 0.15) is 0 Å². The second-order valence-electron chi connectivity index (χ2n) is 5.86. The topological polar surface area (TPSA) is 81.9 Å². The average Bonchev–Trinajstić information content (AvgIpc) is 3.29. The van der Waals surface area contributed by atoms with Gasteiger partial charge in [0.2, 0.25) is 10.0 Å². The molecule has 1 saturated heterocycles. The van der Waals surface area contributed by atoms with Gasteiger partial charge in [-0.25, -0.2) is 8.42 Å². The number of aromatic nitrogens is 1. The molecule has 1 atom stereocenters.